The minimum atomic E-state index is 0.512. The Morgan fingerprint density at radius 2 is 2.56 bits per heavy atom. The topological polar surface area (TPSA) is 55.9 Å². The third kappa shape index (κ3) is 0.988. The fourth-order valence-electron chi connectivity index (χ4n) is 0.519. The predicted molar refractivity (Wildman–Crippen MR) is 36.0 cm³/mol. The Hall–Kier alpha value is -0.740. The molecule has 0 atom stereocenters. The maximum atomic E-state index is 5.67. The van der Waals surface area contributed by atoms with Crippen LogP contribution in [0.2, 0.25) is 5.15 Å². The molecule has 0 bridgehead atoms. The van der Waals surface area contributed by atoms with Gasteiger partial charge in [0.2, 0.25) is 0 Å². The van der Waals surface area contributed by atoms with E-state index in [-0.39, 0.29) is 0 Å². The molecule has 0 fully saturated rings. The first-order valence-corrected chi connectivity index (χ1v) is 2.77. The van der Waals surface area contributed by atoms with Crippen molar-refractivity contribution >= 4 is 17.3 Å². The van der Waals surface area contributed by atoms with Gasteiger partial charge in [0.25, 0.3) is 0 Å². The Balaban J connectivity index is 3.04. The highest BCUT2D eigenvalue weighted by atomic mass is 35.5. The molecule has 0 amide bonds. The van der Waals surface area contributed by atoms with Crippen LogP contribution in [-0.4, -0.2) is 9.78 Å². The zero-order valence-electron chi connectivity index (χ0n) is 4.93. The number of halogens is 1. The van der Waals surface area contributed by atoms with Gasteiger partial charge in [-0.25, -0.2) is 0 Å². The molecule has 50 valence electrons. The van der Waals surface area contributed by atoms with Crippen molar-refractivity contribution in [2.45, 2.75) is 0 Å². The Morgan fingerprint density at radius 1 is 1.89 bits per heavy atom. The molecule has 9 heavy (non-hydrogen) atoms. The zero-order chi connectivity index (χ0) is 6.85. The maximum Gasteiger partial charge on any atom is 0.151 e. The Kier molecular flexibility index (Phi) is 1.59. The molecule has 0 aliphatic heterocycles. The van der Waals surface area contributed by atoms with Crippen molar-refractivity contribution in [3.8, 4) is 0 Å². The molecular formula is C4H7ClN4. The number of rotatable bonds is 1. The molecule has 1 aromatic rings. The summed E-state index contributed by atoms with van der Waals surface area (Å²) in [5, 5.41) is 4.34. The maximum absolute atomic E-state index is 5.67. The van der Waals surface area contributed by atoms with E-state index in [0.29, 0.717) is 10.8 Å². The van der Waals surface area contributed by atoms with Gasteiger partial charge in [-0.2, -0.15) is 5.10 Å². The lowest BCUT2D eigenvalue weighted by Crippen LogP contribution is -2.06. The molecule has 1 aromatic heterocycles. The van der Waals surface area contributed by atoms with Crippen molar-refractivity contribution in [3.05, 3.63) is 11.3 Å². The van der Waals surface area contributed by atoms with E-state index in [2.05, 4.69) is 10.5 Å². The van der Waals surface area contributed by atoms with Crippen LogP contribution in [0.5, 0.6) is 0 Å². The summed E-state index contributed by atoms with van der Waals surface area (Å²) < 4.78 is 1.52. The van der Waals surface area contributed by atoms with Crippen LogP contribution in [0.4, 0.5) is 5.69 Å². The van der Waals surface area contributed by atoms with Gasteiger partial charge < -0.3 is 5.43 Å². The van der Waals surface area contributed by atoms with Crippen LogP contribution in [0.15, 0.2) is 6.20 Å². The molecule has 0 aliphatic rings. The second-order valence-corrected chi connectivity index (χ2v) is 1.98. The highest BCUT2D eigenvalue weighted by Crippen LogP contribution is 2.17. The second-order valence-electron chi connectivity index (χ2n) is 1.62. The molecule has 0 spiro atoms. The molecule has 0 radical (unpaired) electrons. The summed E-state index contributed by atoms with van der Waals surface area (Å²) in [6.07, 6.45) is 1.56. The third-order valence-corrected chi connectivity index (χ3v) is 1.47. The molecule has 1 rings (SSSR count). The van der Waals surface area contributed by atoms with Crippen molar-refractivity contribution in [3.63, 3.8) is 0 Å². The van der Waals surface area contributed by atoms with Gasteiger partial charge in [-0.15, -0.1) is 0 Å². The number of aryl methyl sites for hydroxylation is 1. The number of nitrogen functional groups attached to an aromatic ring is 1. The molecule has 0 aromatic carbocycles. The van der Waals surface area contributed by atoms with E-state index < -0.39 is 0 Å². The molecular weight excluding hydrogens is 140 g/mol. The number of nitrogens with one attached hydrogen (secondary N) is 1. The van der Waals surface area contributed by atoms with Crippen molar-refractivity contribution in [2.75, 3.05) is 5.43 Å². The van der Waals surface area contributed by atoms with E-state index in [4.69, 9.17) is 17.4 Å². The van der Waals surface area contributed by atoms with Crippen molar-refractivity contribution in [1.29, 1.82) is 0 Å². The van der Waals surface area contributed by atoms with Crippen molar-refractivity contribution in [2.24, 2.45) is 12.9 Å². The molecule has 0 aliphatic carbocycles. The van der Waals surface area contributed by atoms with Gasteiger partial charge in [-0.05, 0) is 0 Å². The Bertz CT molecular complexity index is 206. The number of hydrogen-bond acceptors (Lipinski definition) is 3. The summed E-state index contributed by atoms with van der Waals surface area (Å²) in [5.74, 6) is 5.08. The van der Waals surface area contributed by atoms with Gasteiger partial charge in [0.05, 0.1) is 6.20 Å². The molecule has 0 unspecified atom stereocenters. The number of hydrazine groups is 1. The number of aromatic nitrogens is 2. The Morgan fingerprint density at radius 3 is 2.78 bits per heavy atom. The summed E-state index contributed by atoms with van der Waals surface area (Å²) in [6.45, 7) is 0. The van der Waals surface area contributed by atoms with Crippen LogP contribution in [0, 0.1) is 0 Å². The normalized spacial score (nSPS) is 9.67. The van der Waals surface area contributed by atoms with Gasteiger partial charge in [0.1, 0.15) is 5.69 Å². The molecule has 3 N–H and O–H groups in total. The minimum absolute atomic E-state index is 0.512. The predicted octanol–water partition coefficient (Wildman–Crippen LogP) is 0.359. The highest BCUT2D eigenvalue weighted by Gasteiger charge is 2.01. The van der Waals surface area contributed by atoms with E-state index in [9.17, 15) is 0 Å². The molecule has 5 heteroatoms. The number of anilines is 1. The van der Waals surface area contributed by atoms with Crippen LogP contribution in [-0.2, 0) is 7.05 Å². The average Bonchev–Trinajstić information content (AvgIpc) is 2.15. The summed E-state index contributed by atoms with van der Waals surface area (Å²) >= 11 is 5.67. The highest BCUT2D eigenvalue weighted by molar-refractivity contribution is 6.32. The van der Waals surface area contributed by atoms with Gasteiger partial charge in [0, 0.05) is 7.05 Å². The van der Waals surface area contributed by atoms with E-state index in [0.717, 1.165) is 0 Å². The molecule has 0 saturated heterocycles. The van der Waals surface area contributed by atoms with Gasteiger partial charge >= 0.3 is 0 Å². The number of hydrogen-bond donors (Lipinski definition) is 2. The SMILES string of the molecule is Cn1ncc(NN)c1Cl. The molecule has 4 nitrogen and oxygen atoms in total. The van der Waals surface area contributed by atoms with Gasteiger partial charge in [-0.3, -0.25) is 10.5 Å². The molecule has 0 saturated carbocycles. The first kappa shape index (κ1) is 6.38. The van der Waals surface area contributed by atoms with Crippen LogP contribution in [0.25, 0.3) is 0 Å². The minimum Gasteiger partial charge on any atom is -0.320 e. The lowest BCUT2D eigenvalue weighted by atomic mass is 10.6. The van der Waals surface area contributed by atoms with Gasteiger partial charge in [-0.1, -0.05) is 11.6 Å². The largest absolute Gasteiger partial charge is 0.320 e. The van der Waals surface area contributed by atoms with E-state index in [1.165, 1.54) is 4.68 Å². The molecule has 1 heterocycles. The van der Waals surface area contributed by atoms with Crippen LogP contribution < -0.4 is 11.3 Å². The summed E-state index contributed by atoms with van der Waals surface area (Å²) in [4.78, 5) is 0. The fourth-order valence-corrected chi connectivity index (χ4v) is 0.666. The zero-order valence-corrected chi connectivity index (χ0v) is 5.68. The van der Waals surface area contributed by atoms with Crippen LogP contribution in [0.3, 0.4) is 0 Å². The average molecular weight is 147 g/mol. The second kappa shape index (κ2) is 2.24. The number of nitrogens with two attached hydrogens (primary N) is 1. The van der Waals surface area contributed by atoms with Crippen molar-refractivity contribution < 1.29 is 0 Å². The van der Waals surface area contributed by atoms with Crippen molar-refractivity contribution in [1.82, 2.24) is 9.78 Å². The van der Waals surface area contributed by atoms with E-state index in [1.807, 2.05) is 0 Å². The van der Waals surface area contributed by atoms with E-state index >= 15 is 0 Å². The van der Waals surface area contributed by atoms with Crippen LogP contribution >= 0.6 is 11.6 Å². The van der Waals surface area contributed by atoms with Crippen LogP contribution in [0.1, 0.15) is 0 Å². The standard InChI is InChI=1S/C4H7ClN4/c1-9-4(5)3(8-6)2-7-9/h2,8H,6H2,1H3. The smallest absolute Gasteiger partial charge is 0.151 e. The lowest BCUT2D eigenvalue weighted by Gasteiger charge is -1.93. The summed E-state index contributed by atoms with van der Waals surface area (Å²) in [5.41, 5.74) is 3.04. The summed E-state index contributed by atoms with van der Waals surface area (Å²) in [6, 6.07) is 0. The first-order chi connectivity index (χ1) is 4.25. The van der Waals surface area contributed by atoms with E-state index in [1.54, 1.807) is 13.2 Å². The Labute approximate surface area is 57.6 Å². The first-order valence-electron chi connectivity index (χ1n) is 2.40. The fraction of sp³-hybridized carbons (Fsp3) is 0.250. The quantitative estimate of drug-likeness (QED) is 0.444. The monoisotopic (exact) mass is 146 g/mol. The lowest BCUT2D eigenvalue weighted by molar-refractivity contribution is 0.769. The van der Waals surface area contributed by atoms with Gasteiger partial charge in [0.15, 0.2) is 5.15 Å². The number of nitrogens with zero attached hydrogens (tertiary/aromatic N) is 2. The summed E-state index contributed by atoms with van der Waals surface area (Å²) in [7, 11) is 1.74. The third-order valence-electron chi connectivity index (χ3n) is 1.02.